The van der Waals surface area contributed by atoms with Crippen LogP contribution in [0.1, 0.15) is 97.3 Å². The molecular formula is C33H48F4O6. The predicted molar refractivity (Wildman–Crippen MR) is 148 cm³/mol. The molecular weight excluding hydrogens is 568 g/mol. The molecule has 0 aromatic rings. The number of carbonyl (C=O) groups is 2. The van der Waals surface area contributed by atoms with Crippen LogP contribution >= 0.6 is 0 Å². The van der Waals surface area contributed by atoms with Gasteiger partial charge in [-0.3, -0.25) is 0 Å². The lowest BCUT2D eigenvalue weighted by Gasteiger charge is -2.63. The van der Waals surface area contributed by atoms with Crippen LogP contribution in [0.15, 0.2) is 0 Å². The van der Waals surface area contributed by atoms with Gasteiger partial charge in [0.05, 0.1) is 6.10 Å². The van der Waals surface area contributed by atoms with Crippen molar-refractivity contribution in [3.8, 4) is 0 Å². The van der Waals surface area contributed by atoms with E-state index in [0.29, 0.717) is 63.2 Å². The Hall–Kier alpha value is -1.42. The third kappa shape index (κ3) is 4.60. The van der Waals surface area contributed by atoms with Crippen LogP contribution in [0.4, 0.5) is 17.6 Å². The Morgan fingerprint density at radius 3 is 1.91 bits per heavy atom. The number of carbonyl (C=O) groups excluding carboxylic acids is 2. The molecule has 12 atom stereocenters. The number of halogens is 4. The smallest absolute Gasteiger partial charge is 0.415 e. The van der Waals surface area contributed by atoms with Crippen LogP contribution < -0.4 is 0 Å². The Morgan fingerprint density at radius 1 is 0.767 bits per heavy atom. The number of aliphatic hydroxyl groups excluding tert-OH is 1. The summed E-state index contributed by atoms with van der Waals surface area (Å²) in [5.41, 5.74) is -2.69. The highest BCUT2D eigenvalue weighted by Gasteiger charge is 2.74. The molecule has 0 aromatic heterocycles. The summed E-state index contributed by atoms with van der Waals surface area (Å²) in [6.07, 6.45) is 8.28. The number of rotatable bonds is 12. The Labute approximate surface area is 252 Å². The van der Waals surface area contributed by atoms with E-state index in [9.17, 15) is 14.7 Å². The molecule has 1 N–H and O–H groups in total. The average molecular weight is 617 g/mol. The zero-order chi connectivity index (χ0) is 30.9. The number of esters is 2. The first-order valence-electron chi connectivity index (χ1n) is 16.7. The van der Waals surface area contributed by atoms with Gasteiger partial charge in [0.25, 0.3) is 0 Å². The van der Waals surface area contributed by atoms with Crippen LogP contribution in [0, 0.1) is 53.3 Å². The van der Waals surface area contributed by atoms with Crippen molar-refractivity contribution in [1.29, 1.82) is 0 Å². The van der Waals surface area contributed by atoms with Gasteiger partial charge in [0.15, 0.2) is 0 Å². The number of ether oxygens (including phenoxy) is 3. The molecule has 0 amide bonds. The van der Waals surface area contributed by atoms with Gasteiger partial charge in [-0.25, -0.2) is 9.59 Å². The second kappa shape index (κ2) is 11.1. The molecule has 0 aromatic carbocycles. The van der Waals surface area contributed by atoms with Crippen LogP contribution in [-0.2, 0) is 23.8 Å². The minimum absolute atomic E-state index is 0.167. The maximum Gasteiger partial charge on any atom is 0.415 e. The fourth-order valence-electron chi connectivity index (χ4n) is 11.5. The first-order valence-corrected chi connectivity index (χ1v) is 16.7. The van der Waals surface area contributed by atoms with E-state index in [0.717, 1.165) is 25.7 Å². The molecule has 244 valence electrons. The van der Waals surface area contributed by atoms with E-state index in [1.165, 1.54) is 0 Å². The summed E-state index contributed by atoms with van der Waals surface area (Å²) in [6.45, 7) is 3.55. The molecule has 0 spiro atoms. The molecule has 0 radical (unpaired) electrons. The van der Waals surface area contributed by atoms with Crippen molar-refractivity contribution >= 4 is 11.9 Å². The first kappa shape index (κ1) is 31.6. The van der Waals surface area contributed by atoms with Crippen molar-refractivity contribution in [2.24, 2.45) is 53.3 Å². The van der Waals surface area contributed by atoms with Gasteiger partial charge in [0.1, 0.15) is 11.2 Å². The lowest BCUT2D eigenvalue weighted by atomic mass is 9.45. The Bertz CT molecular complexity index is 1090. The highest BCUT2D eigenvalue weighted by molar-refractivity contribution is 5.90. The van der Waals surface area contributed by atoms with Gasteiger partial charge in [0, 0.05) is 25.6 Å². The van der Waals surface area contributed by atoms with Gasteiger partial charge >= 0.3 is 23.8 Å². The van der Waals surface area contributed by atoms with Crippen LogP contribution in [0.2, 0.25) is 0 Å². The number of hydrogen-bond acceptors (Lipinski definition) is 6. The molecule has 6 nitrogen and oxygen atoms in total. The molecule has 12 unspecified atom stereocenters. The molecule has 8 bridgehead atoms. The molecule has 8 aliphatic rings. The predicted octanol–water partition coefficient (Wildman–Crippen LogP) is 6.57. The van der Waals surface area contributed by atoms with Crippen LogP contribution in [0.3, 0.4) is 0 Å². The summed E-state index contributed by atoms with van der Waals surface area (Å²) in [7, 11) is 1.57. The minimum atomic E-state index is -5.41. The van der Waals surface area contributed by atoms with Crippen molar-refractivity contribution in [1.82, 2.24) is 0 Å². The Morgan fingerprint density at radius 2 is 1.33 bits per heavy atom. The summed E-state index contributed by atoms with van der Waals surface area (Å²) in [5.74, 6) is -15.8. The minimum Gasteiger partial charge on any atom is -0.454 e. The molecule has 43 heavy (non-hydrogen) atoms. The number of methoxy groups -OCH3 is 1. The highest BCUT2D eigenvalue weighted by atomic mass is 19.3. The van der Waals surface area contributed by atoms with Crippen molar-refractivity contribution in [2.75, 3.05) is 13.7 Å². The molecule has 8 aliphatic carbocycles. The van der Waals surface area contributed by atoms with Gasteiger partial charge in [0.2, 0.25) is 0 Å². The monoisotopic (exact) mass is 616 g/mol. The summed E-state index contributed by atoms with van der Waals surface area (Å²) in [6, 6.07) is 0. The van der Waals surface area contributed by atoms with Gasteiger partial charge in [-0.2, -0.15) is 17.6 Å². The van der Waals surface area contributed by atoms with Crippen molar-refractivity contribution in [3.05, 3.63) is 0 Å². The summed E-state index contributed by atoms with van der Waals surface area (Å²) >= 11 is 0. The zero-order valence-electron chi connectivity index (χ0n) is 25.7. The van der Waals surface area contributed by atoms with Crippen molar-refractivity contribution in [2.45, 2.75) is 126 Å². The summed E-state index contributed by atoms with van der Waals surface area (Å²) in [5, 5.41) is 10.1. The third-order valence-corrected chi connectivity index (χ3v) is 13.2. The molecule has 0 saturated heterocycles. The van der Waals surface area contributed by atoms with Crippen molar-refractivity contribution in [3.63, 3.8) is 0 Å². The van der Waals surface area contributed by atoms with E-state index in [-0.39, 0.29) is 60.6 Å². The van der Waals surface area contributed by atoms with Crippen LogP contribution in [0.5, 0.6) is 0 Å². The Balaban J connectivity index is 1.25. The second-order valence-electron chi connectivity index (χ2n) is 14.9. The van der Waals surface area contributed by atoms with Gasteiger partial charge < -0.3 is 19.3 Å². The maximum atomic E-state index is 15.7. The number of alkyl halides is 4. The fourth-order valence-corrected chi connectivity index (χ4v) is 11.5. The van der Waals surface area contributed by atoms with E-state index in [2.05, 4.69) is 0 Å². The molecule has 0 aliphatic heterocycles. The number of aliphatic hydroxyl groups is 1. The van der Waals surface area contributed by atoms with Crippen LogP contribution in [-0.4, -0.2) is 59.9 Å². The van der Waals surface area contributed by atoms with E-state index in [4.69, 9.17) is 14.2 Å². The molecule has 8 saturated carbocycles. The van der Waals surface area contributed by atoms with E-state index >= 15 is 17.6 Å². The van der Waals surface area contributed by atoms with E-state index in [1.807, 2.05) is 6.92 Å². The fraction of sp³-hybridized carbons (Fsp3) is 0.939. The summed E-state index contributed by atoms with van der Waals surface area (Å²) < 4.78 is 79.7. The normalized spacial score (nSPS) is 44.6. The van der Waals surface area contributed by atoms with E-state index in [1.54, 1.807) is 14.0 Å². The number of hydrogen-bond donors (Lipinski definition) is 1. The quantitative estimate of drug-likeness (QED) is 0.152. The lowest BCUT2D eigenvalue weighted by molar-refractivity contribution is -0.284. The Kier molecular flexibility index (Phi) is 8.17. The molecule has 0 heterocycles. The number of unbranched alkanes of at least 4 members (excludes halogenated alkanes) is 2. The molecule has 10 heteroatoms. The van der Waals surface area contributed by atoms with Gasteiger partial charge in [-0.1, -0.05) is 26.7 Å². The average Bonchev–Trinajstić information content (AvgIpc) is 2.97. The zero-order valence-corrected chi connectivity index (χ0v) is 25.7. The SMILES string of the molecule is CCCCCC1(OC(=O)C(F)(F)C(F)(F)C(=O)OC2(CC)C3CC4CC(C3)C(CO)C2C4)C2CC3CC(C2)C(OC)C1C3. The second-order valence-corrected chi connectivity index (χ2v) is 14.9. The van der Waals surface area contributed by atoms with E-state index < -0.39 is 35.0 Å². The summed E-state index contributed by atoms with van der Waals surface area (Å²) in [4.78, 5) is 26.4. The highest BCUT2D eigenvalue weighted by Crippen LogP contribution is 2.64. The first-order chi connectivity index (χ1) is 20.4. The standard InChI is InChI=1S/C33H48F4O6/c1-4-6-7-8-31(23-12-19-10-21(16-23)27(41-3)26(31)14-19)43-29(40)33(36,37)32(34,35)28(39)42-30(5-2)22-11-18-9-20(15-22)24(17-38)25(30)13-18/h18-27,38H,4-17H2,1-3H3. The lowest BCUT2D eigenvalue weighted by Crippen LogP contribution is -2.68. The van der Waals surface area contributed by atoms with Gasteiger partial charge in [-0.05, 0) is 112 Å². The largest absolute Gasteiger partial charge is 0.454 e. The third-order valence-electron chi connectivity index (χ3n) is 13.2. The molecule has 8 fully saturated rings. The molecule has 8 rings (SSSR count). The topological polar surface area (TPSA) is 82.1 Å². The van der Waals surface area contributed by atoms with Gasteiger partial charge in [-0.15, -0.1) is 0 Å². The van der Waals surface area contributed by atoms with Crippen molar-refractivity contribution < 1.29 is 46.5 Å². The maximum absolute atomic E-state index is 15.7. The van der Waals surface area contributed by atoms with Crippen LogP contribution in [0.25, 0.3) is 0 Å².